The maximum absolute atomic E-state index is 13.0. The second-order valence-corrected chi connectivity index (χ2v) is 4.69. The van der Waals surface area contributed by atoms with Gasteiger partial charge in [0, 0.05) is 29.7 Å². The Morgan fingerprint density at radius 3 is 2.15 bits per heavy atom. The van der Waals surface area contributed by atoms with Crippen LogP contribution >= 0.6 is 0 Å². The van der Waals surface area contributed by atoms with E-state index in [4.69, 9.17) is 7.85 Å². The van der Waals surface area contributed by atoms with E-state index in [1.165, 1.54) is 6.26 Å². The summed E-state index contributed by atoms with van der Waals surface area (Å²) in [6, 6.07) is 0. The molecule has 0 saturated carbocycles. The zero-order chi connectivity index (χ0) is 10.7. The molecular formula is C7H12BF3OS. The van der Waals surface area contributed by atoms with Gasteiger partial charge in [0.1, 0.15) is 13.4 Å². The van der Waals surface area contributed by atoms with Crippen LogP contribution in [0.25, 0.3) is 0 Å². The zero-order valence-corrected chi connectivity index (χ0v) is 8.47. The third-order valence-corrected chi connectivity index (χ3v) is 2.57. The van der Waals surface area contributed by atoms with Gasteiger partial charge in [-0.05, 0) is 12.8 Å². The molecule has 6 heteroatoms. The van der Waals surface area contributed by atoms with Crippen molar-refractivity contribution in [1.29, 1.82) is 0 Å². The van der Waals surface area contributed by atoms with E-state index in [1.807, 2.05) is 0 Å². The average Bonchev–Trinajstić information content (AvgIpc) is 1.82. The van der Waals surface area contributed by atoms with Crippen LogP contribution in [-0.2, 0) is 10.8 Å². The highest BCUT2D eigenvalue weighted by Gasteiger charge is 2.45. The van der Waals surface area contributed by atoms with Gasteiger partial charge in [-0.25, -0.2) is 13.2 Å². The minimum atomic E-state index is -3.55. The number of hydrogen-bond donors (Lipinski definition) is 0. The fourth-order valence-electron chi connectivity index (χ4n) is 0.752. The van der Waals surface area contributed by atoms with Gasteiger partial charge >= 0.3 is 0 Å². The molecule has 0 N–H and O–H groups in total. The molecule has 0 aromatic rings. The summed E-state index contributed by atoms with van der Waals surface area (Å²) in [7, 11) is 3.67. The molecule has 0 aliphatic rings. The van der Waals surface area contributed by atoms with Gasteiger partial charge in [-0.15, -0.1) is 0 Å². The summed E-state index contributed by atoms with van der Waals surface area (Å²) in [5, 5.41) is 0. The summed E-state index contributed by atoms with van der Waals surface area (Å²) < 4.78 is 48.4. The van der Waals surface area contributed by atoms with E-state index in [2.05, 4.69) is 0 Å². The molecule has 0 amide bonds. The van der Waals surface area contributed by atoms with Crippen LogP contribution in [0.3, 0.4) is 0 Å². The van der Waals surface area contributed by atoms with Gasteiger partial charge in [-0.2, -0.15) is 0 Å². The molecule has 76 valence electrons. The van der Waals surface area contributed by atoms with E-state index in [0.29, 0.717) is 6.92 Å². The van der Waals surface area contributed by atoms with Gasteiger partial charge in [0.15, 0.2) is 0 Å². The second kappa shape index (κ2) is 4.48. The van der Waals surface area contributed by atoms with Crippen molar-refractivity contribution >= 4 is 18.6 Å². The highest BCUT2D eigenvalue weighted by molar-refractivity contribution is 7.84. The molecule has 0 heterocycles. The van der Waals surface area contributed by atoms with Crippen molar-refractivity contribution in [2.45, 2.75) is 31.3 Å². The predicted octanol–water partition coefficient (Wildman–Crippen LogP) is 1.63. The van der Waals surface area contributed by atoms with E-state index in [1.54, 1.807) is 0 Å². The molecule has 0 rings (SSSR count). The highest BCUT2D eigenvalue weighted by Crippen LogP contribution is 2.32. The minimum Gasteiger partial charge on any atom is -0.260 e. The molecule has 0 aliphatic carbocycles. The smallest absolute Gasteiger partial charge is 0.260 e. The van der Waals surface area contributed by atoms with Crippen molar-refractivity contribution in [3.05, 3.63) is 0 Å². The van der Waals surface area contributed by atoms with Crippen LogP contribution < -0.4 is 0 Å². The fraction of sp³-hybridized carbons (Fsp3) is 1.00. The number of alkyl halides is 3. The molecule has 0 spiro atoms. The molecule has 0 aromatic heterocycles. The van der Waals surface area contributed by atoms with Crippen LogP contribution in [0.5, 0.6) is 0 Å². The van der Waals surface area contributed by atoms with E-state index in [0.717, 1.165) is 0 Å². The van der Waals surface area contributed by atoms with E-state index < -0.39 is 28.7 Å². The monoisotopic (exact) mass is 212 g/mol. The van der Waals surface area contributed by atoms with Crippen LogP contribution in [0.2, 0.25) is 0 Å². The van der Waals surface area contributed by atoms with Crippen LogP contribution in [0.15, 0.2) is 0 Å². The molecule has 2 radical (unpaired) electrons. The van der Waals surface area contributed by atoms with Crippen molar-refractivity contribution in [3.63, 3.8) is 0 Å². The molecule has 2 unspecified atom stereocenters. The number of hydrogen-bond acceptors (Lipinski definition) is 1. The molecule has 13 heavy (non-hydrogen) atoms. The second-order valence-electron chi connectivity index (χ2n) is 3.13. The van der Waals surface area contributed by atoms with Crippen LogP contribution in [0.1, 0.15) is 19.8 Å². The third-order valence-electron chi connectivity index (χ3n) is 1.70. The van der Waals surface area contributed by atoms with Crippen LogP contribution in [0, 0.1) is 0 Å². The molecule has 0 bridgehead atoms. The first-order valence-corrected chi connectivity index (χ1v) is 5.55. The normalized spacial score (nSPS) is 19.5. The van der Waals surface area contributed by atoms with Crippen molar-refractivity contribution < 1.29 is 17.4 Å². The average molecular weight is 212 g/mol. The van der Waals surface area contributed by atoms with Crippen molar-refractivity contribution in [1.82, 2.24) is 0 Å². The Kier molecular flexibility index (Phi) is 4.49. The lowest BCUT2D eigenvalue weighted by molar-refractivity contribution is -0.0822. The van der Waals surface area contributed by atoms with Crippen molar-refractivity contribution in [2.75, 3.05) is 12.0 Å². The molecular weight excluding hydrogens is 200 g/mol. The predicted molar refractivity (Wildman–Crippen MR) is 48.4 cm³/mol. The van der Waals surface area contributed by atoms with E-state index in [-0.39, 0.29) is 12.2 Å². The third kappa shape index (κ3) is 4.69. The topological polar surface area (TPSA) is 17.1 Å². The molecule has 2 atom stereocenters. The van der Waals surface area contributed by atoms with Crippen molar-refractivity contribution in [2.24, 2.45) is 0 Å². The Balaban J connectivity index is 3.97. The summed E-state index contributed by atoms with van der Waals surface area (Å²) in [6.45, 7) is 0.440. The lowest BCUT2D eigenvalue weighted by Crippen LogP contribution is -2.42. The summed E-state index contributed by atoms with van der Waals surface area (Å²) in [4.78, 5) is 0. The lowest BCUT2D eigenvalue weighted by atomic mass is 9.75. The molecule has 0 aliphatic heterocycles. The molecule has 1 nitrogen and oxygen atoms in total. The highest BCUT2D eigenvalue weighted by atomic mass is 32.2. The number of rotatable bonds is 5. The Morgan fingerprint density at radius 2 is 1.85 bits per heavy atom. The van der Waals surface area contributed by atoms with Crippen LogP contribution in [-0.4, -0.2) is 35.6 Å². The summed E-state index contributed by atoms with van der Waals surface area (Å²) in [5.41, 5.74) is -2.99. The van der Waals surface area contributed by atoms with Gasteiger partial charge in [0.05, 0.1) is 0 Å². The number of halogens is 3. The lowest BCUT2D eigenvalue weighted by Gasteiger charge is -2.27. The Hall–Kier alpha value is 0.00494. The first-order chi connectivity index (χ1) is 5.67. The summed E-state index contributed by atoms with van der Waals surface area (Å²) in [6.07, 6.45) is 1.05. The van der Waals surface area contributed by atoms with Gasteiger partial charge in [-0.3, -0.25) is 4.21 Å². The first kappa shape index (κ1) is 13.0. The molecule has 0 aromatic carbocycles. The van der Waals surface area contributed by atoms with Gasteiger partial charge < -0.3 is 0 Å². The first-order valence-electron chi connectivity index (χ1n) is 3.82. The minimum absolute atomic E-state index is 0.0968. The van der Waals surface area contributed by atoms with Gasteiger partial charge in [0.25, 0.3) is 5.92 Å². The Labute approximate surface area is 80.0 Å². The fourth-order valence-corrected chi connectivity index (χ4v) is 1.30. The van der Waals surface area contributed by atoms with E-state index in [9.17, 15) is 17.4 Å². The zero-order valence-electron chi connectivity index (χ0n) is 7.65. The van der Waals surface area contributed by atoms with Crippen molar-refractivity contribution in [3.8, 4) is 0 Å². The summed E-state index contributed by atoms with van der Waals surface area (Å²) >= 11 is 0. The summed E-state index contributed by atoms with van der Waals surface area (Å²) in [5.74, 6) is -3.36. The van der Waals surface area contributed by atoms with Crippen LogP contribution in [0.4, 0.5) is 13.2 Å². The standard InChI is InChI=1S/C7H12BF3OS/c1-6(9,10)7(8,11)4-3-5-13(2)12/h3-5H2,1-2H3. The quantitative estimate of drug-likeness (QED) is 0.633. The maximum Gasteiger partial charge on any atom is 0.269 e. The van der Waals surface area contributed by atoms with Gasteiger partial charge in [-0.1, -0.05) is 0 Å². The largest absolute Gasteiger partial charge is 0.269 e. The molecule has 0 saturated heterocycles. The Morgan fingerprint density at radius 1 is 1.38 bits per heavy atom. The van der Waals surface area contributed by atoms with Gasteiger partial charge in [0.2, 0.25) is 0 Å². The molecule has 0 fully saturated rings. The van der Waals surface area contributed by atoms with E-state index >= 15 is 0 Å². The maximum atomic E-state index is 13.0. The SMILES string of the molecule is [B]C(F)(CCCS(C)=O)C(C)(F)F. The Bertz CT molecular complexity index is 191.